The van der Waals surface area contributed by atoms with Gasteiger partial charge in [-0.1, -0.05) is 84.6 Å². The SMILES string of the molecule is C=CC(=O)OCCCOc1ccc(-c2ccc(COc3ccc(OC(=O)c4ccc(OCCCOCC(C)(C)O)cc4)c(/C(C)=N/Nc4nc5c(ccc6ccccc65)s4)c3)cc2)cc1. The van der Waals surface area contributed by atoms with Crippen molar-refractivity contribution in [1.29, 1.82) is 0 Å². The van der Waals surface area contributed by atoms with Gasteiger partial charge in [-0.05, 0) is 104 Å². The molecule has 2 N–H and O–H groups in total. The molecule has 7 rings (SSSR count). The second kappa shape index (κ2) is 22.0. The Morgan fingerprint density at radius 1 is 0.785 bits per heavy atom. The van der Waals surface area contributed by atoms with Gasteiger partial charge in [0, 0.05) is 36.5 Å². The molecule has 0 aliphatic heterocycles. The summed E-state index contributed by atoms with van der Waals surface area (Å²) in [6, 6.07) is 40.3. The second-order valence-electron chi connectivity index (χ2n) is 15.7. The van der Waals surface area contributed by atoms with Crippen molar-refractivity contribution in [2.45, 2.75) is 45.8 Å². The minimum Gasteiger partial charge on any atom is -0.494 e. The summed E-state index contributed by atoms with van der Waals surface area (Å²) in [7, 11) is 0. The number of nitrogens with one attached hydrogen (secondary N) is 1. The number of hydrogen-bond acceptors (Lipinski definition) is 13. The van der Waals surface area contributed by atoms with Gasteiger partial charge < -0.3 is 33.5 Å². The molecule has 0 aliphatic carbocycles. The number of rotatable bonds is 22. The summed E-state index contributed by atoms with van der Waals surface area (Å²) in [4.78, 5) is 29.6. The highest BCUT2D eigenvalue weighted by Crippen LogP contribution is 2.33. The molecule has 0 aliphatic rings. The molecule has 6 aromatic carbocycles. The summed E-state index contributed by atoms with van der Waals surface area (Å²) in [5.74, 6) is 1.22. The van der Waals surface area contributed by atoms with Crippen LogP contribution in [-0.4, -0.2) is 66.4 Å². The van der Waals surface area contributed by atoms with Crippen LogP contribution in [0.25, 0.3) is 32.1 Å². The van der Waals surface area contributed by atoms with Crippen molar-refractivity contribution in [3.05, 3.63) is 157 Å². The van der Waals surface area contributed by atoms with Crippen molar-refractivity contribution in [2.24, 2.45) is 5.10 Å². The Balaban J connectivity index is 1.01. The zero-order valence-electron chi connectivity index (χ0n) is 36.6. The van der Waals surface area contributed by atoms with E-state index in [1.54, 1.807) is 50.2 Å². The molecule has 1 heterocycles. The first-order valence-corrected chi connectivity index (χ1v) is 22.1. The Morgan fingerprint density at radius 2 is 1.45 bits per heavy atom. The summed E-state index contributed by atoms with van der Waals surface area (Å²) < 4.78 is 35.4. The molecular weight excluding hydrogens is 843 g/mol. The van der Waals surface area contributed by atoms with Crippen LogP contribution in [0.2, 0.25) is 0 Å². The molecule has 0 bridgehead atoms. The van der Waals surface area contributed by atoms with E-state index in [1.807, 2.05) is 73.7 Å². The maximum Gasteiger partial charge on any atom is 0.343 e. The highest BCUT2D eigenvalue weighted by atomic mass is 32.1. The van der Waals surface area contributed by atoms with Crippen LogP contribution >= 0.6 is 11.3 Å². The fourth-order valence-electron chi connectivity index (χ4n) is 6.57. The second-order valence-corrected chi connectivity index (χ2v) is 16.7. The number of aromatic nitrogens is 1. The van der Waals surface area contributed by atoms with Gasteiger partial charge in [0.1, 0.15) is 29.6 Å². The fourth-order valence-corrected chi connectivity index (χ4v) is 7.40. The molecule has 7 aromatic rings. The van der Waals surface area contributed by atoms with Gasteiger partial charge in [0.2, 0.25) is 5.13 Å². The van der Waals surface area contributed by atoms with E-state index in [2.05, 4.69) is 41.4 Å². The van der Waals surface area contributed by atoms with Gasteiger partial charge in [0.15, 0.2) is 0 Å². The van der Waals surface area contributed by atoms with E-state index >= 15 is 0 Å². The van der Waals surface area contributed by atoms with E-state index in [-0.39, 0.29) is 13.2 Å². The molecule has 0 fully saturated rings. The minimum absolute atomic E-state index is 0.247. The Hall–Kier alpha value is -7.06. The molecule has 334 valence electrons. The number of benzene rings is 6. The predicted molar refractivity (Wildman–Crippen MR) is 256 cm³/mol. The monoisotopic (exact) mass is 893 g/mol. The third-order valence-corrected chi connectivity index (χ3v) is 10.8. The standard InChI is InChI=1S/C52H51N3O9S/c1-5-48(56)62-31-9-30-61-41-21-16-38(17-22-41)37-14-12-36(13-15-37)33-63-43-25-26-46(64-50(57)40-18-23-42(24-19-40)60-29-8-28-59-34-52(3,4)58)45(32-43)35(2)54-55-51-53-49-44-11-7-6-10-39(44)20-27-47(49)65-51/h5-7,10-27,32,58H,1,8-9,28-31,33-34H2,2-4H3,(H,53,55)/b54-35+. The lowest BCUT2D eigenvalue weighted by Gasteiger charge is -2.16. The summed E-state index contributed by atoms with van der Waals surface area (Å²) >= 11 is 1.50. The number of esters is 2. The Kier molecular flexibility index (Phi) is 15.6. The normalized spacial score (nSPS) is 11.6. The first-order chi connectivity index (χ1) is 31.5. The van der Waals surface area contributed by atoms with E-state index in [0.29, 0.717) is 78.5 Å². The molecule has 65 heavy (non-hydrogen) atoms. The van der Waals surface area contributed by atoms with E-state index in [0.717, 1.165) is 49.5 Å². The first kappa shape index (κ1) is 45.9. The predicted octanol–water partition coefficient (Wildman–Crippen LogP) is 10.8. The van der Waals surface area contributed by atoms with Crippen LogP contribution in [0.5, 0.6) is 23.0 Å². The average Bonchev–Trinajstić information content (AvgIpc) is 3.75. The fraction of sp³-hybridized carbons (Fsp3) is 0.231. The van der Waals surface area contributed by atoms with Crippen LogP contribution < -0.4 is 24.4 Å². The van der Waals surface area contributed by atoms with Gasteiger partial charge in [0.25, 0.3) is 0 Å². The third kappa shape index (κ3) is 13.2. The van der Waals surface area contributed by atoms with Crippen LogP contribution in [-0.2, 0) is 20.9 Å². The average molecular weight is 894 g/mol. The molecule has 0 atom stereocenters. The van der Waals surface area contributed by atoms with Crippen LogP contribution in [0.15, 0.2) is 145 Å². The van der Waals surface area contributed by atoms with Gasteiger partial charge in [-0.3, -0.25) is 5.43 Å². The van der Waals surface area contributed by atoms with Crippen molar-refractivity contribution >= 4 is 55.1 Å². The van der Waals surface area contributed by atoms with Crippen molar-refractivity contribution < 1.29 is 43.1 Å². The maximum absolute atomic E-state index is 13.5. The highest BCUT2D eigenvalue weighted by Gasteiger charge is 2.17. The molecular formula is C52H51N3O9S. The number of fused-ring (bicyclic) bond motifs is 3. The molecule has 0 unspecified atom stereocenters. The minimum atomic E-state index is -0.880. The van der Waals surface area contributed by atoms with E-state index in [1.165, 1.54) is 11.3 Å². The smallest absolute Gasteiger partial charge is 0.343 e. The summed E-state index contributed by atoms with van der Waals surface area (Å²) in [5, 5.41) is 17.3. The lowest BCUT2D eigenvalue weighted by atomic mass is 10.0. The van der Waals surface area contributed by atoms with Crippen molar-refractivity contribution in [3.8, 4) is 34.1 Å². The number of thiazole rings is 1. The molecule has 0 amide bonds. The summed E-state index contributed by atoms with van der Waals surface area (Å²) in [5.41, 5.74) is 7.63. The Labute approximate surface area is 382 Å². The molecule has 12 nitrogen and oxygen atoms in total. The van der Waals surface area contributed by atoms with Crippen molar-refractivity contribution in [3.63, 3.8) is 0 Å². The van der Waals surface area contributed by atoms with E-state index < -0.39 is 17.5 Å². The summed E-state index contributed by atoms with van der Waals surface area (Å²) in [6.07, 6.45) is 2.37. The van der Waals surface area contributed by atoms with E-state index in [9.17, 15) is 14.7 Å². The lowest BCUT2D eigenvalue weighted by Crippen LogP contribution is -2.26. The number of hydrogen-bond donors (Lipinski definition) is 2. The maximum atomic E-state index is 13.5. The van der Waals surface area contributed by atoms with E-state index in [4.69, 9.17) is 33.4 Å². The number of carbonyl (C=O) groups is 2. The number of carbonyl (C=O) groups excluding carboxylic acids is 2. The summed E-state index contributed by atoms with van der Waals surface area (Å²) in [6.45, 7) is 10.7. The molecule has 0 saturated heterocycles. The largest absolute Gasteiger partial charge is 0.494 e. The third-order valence-electron chi connectivity index (χ3n) is 9.91. The highest BCUT2D eigenvalue weighted by molar-refractivity contribution is 7.22. The number of ether oxygens (including phenoxy) is 6. The number of anilines is 1. The number of hydrazone groups is 1. The molecule has 0 radical (unpaired) electrons. The van der Waals surface area contributed by atoms with Crippen LogP contribution in [0, 0.1) is 0 Å². The van der Waals surface area contributed by atoms with Crippen molar-refractivity contribution in [2.75, 3.05) is 38.5 Å². The van der Waals surface area contributed by atoms with Gasteiger partial charge in [-0.25, -0.2) is 14.6 Å². The first-order valence-electron chi connectivity index (χ1n) is 21.2. The molecule has 0 spiro atoms. The van der Waals surface area contributed by atoms with Gasteiger partial charge in [-0.2, -0.15) is 5.10 Å². The van der Waals surface area contributed by atoms with Gasteiger partial charge >= 0.3 is 11.9 Å². The van der Waals surface area contributed by atoms with Crippen LogP contribution in [0.4, 0.5) is 5.13 Å². The zero-order chi connectivity index (χ0) is 45.6. The molecule has 0 saturated carbocycles. The quantitative estimate of drug-likeness (QED) is 0.0167. The van der Waals surface area contributed by atoms with Crippen LogP contribution in [0.1, 0.15) is 55.1 Å². The number of nitrogens with zero attached hydrogens (tertiary/aromatic N) is 2. The van der Waals surface area contributed by atoms with Crippen LogP contribution in [0.3, 0.4) is 0 Å². The zero-order valence-corrected chi connectivity index (χ0v) is 37.4. The Bertz CT molecular complexity index is 2740. The lowest BCUT2D eigenvalue weighted by molar-refractivity contribution is -0.137. The van der Waals surface area contributed by atoms with Crippen molar-refractivity contribution in [1.82, 2.24) is 4.98 Å². The Morgan fingerprint density at radius 3 is 2.15 bits per heavy atom. The molecule has 13 heteroatoms. The topological polar surface area (TPSA) is 147 Å². The molecule has 1 aromatic heterocycles. The number of aliphatic hydroxyl groups is 1. The van der Waals surface area contributed by atoms with Gasteiger partial charge in [0.05, 0.1) is 53.5 Å². The van der Waals surface area contributed by atoms with Gasteiger partial charge in [-0.15, -0.1) is 0 Å².